The second-order valence-electron chi connectivity index (χ2n) is 11.6. The van der Waals surface area contributed by atoms with Gasteiger partial charge in [0.1, 0.15) is 23.7 Å². The Kier molecular flexibility index (Phi) is 6.80. The number of ether oxygens (including phenoxy) is 1. The molecule has 2 bridgehead atoms. The number of alkyl halides is 2. The Bertz CT molecular complexity index is 1710. The summed E-state index contributed by atoms with van der Waals surface area (Å²) in [6.45, 7) is 0.894. The summed E-state index contributed by atoms with van der Waals surface area (Å²) in [6, 6.07) is 9.71. The molecule has 3 fully saturated rings. The molecule has 0 saturated carbocycles. The number of aromatic nitrogens is 2. The van der Waals surface area contributed by atoms with Crippen LogP contribution in [0.15, 0.2) is 36.4 Å². The van der Waals surface area contributed by atoms with E-state index in [1.165, 1.54) is 6.07 Å². The molecule has 0 amide bonds. The molecule has 3 saturated heterocycles. The number of likely N-dealkylation sites (N-methyl/N-ethyl adjacent to an activating group) is 1. The van der Waals surface area contributed by atoms with Crippen LogP contribution in [0.4, 0.5) is 19.0 Å². The zero-order chi connectivity index (χ0) is 29.3. The molecule has 3 atom stereocenters. The number of hydrogen-bond acceptors (Lipinski definition) is 7. The monoisotopic (exact) mass is 617 g/mol. The van der Waals surface area contributed by atoms with Crippen LogP contribution in [-0.2, 0) is 0 Å². The number of piperazine rings is 1. The fourth-order valence-electron chi connectivity index (χ4n) is 6.66. The normalized spacial score (nSPS) is 23.8. The maximum Gasteiger partial charge on any atom is 0.319 e. The van der Waals surface area contributed by atoms with Crippen molar-refractivity contribution in [2.24, 2.45) is 0 Å². The number of nitrogens with zero attached hydrogens (tertiary/aromatic N) is 4. The highest BCUT2D eigenvalue weighted by molar-refractivity contribution is 6.38. The fourth-order valence-corrected chi connectivity index (χ4v) is 7.24. The summed E-state index contributed by atoms with van der Waals surface area (Å²) in [4.78, 5) is 12.8. The minimum atomic E-state index is -2.80. The van der Waals surface area contributed by atoms with Gasteiger partial charge in [-0.05, 0) is 55.1 Å². The van der Waals surface area contributed by atoms with Gasteiger partial charge in [0.15, 0.2) is 5.82 Å². The van der Waals surface area contributed by atoms with Gasteiger partial charge in [-0.2, -0.15) is 9.97 Å². The number of phenolic OH excluding ortho intramolecular Hbond substituents is 1. The zero-order valence-corrected chi connectivity index (χ0v) is 24.2. The number of anilines is 1. The molecule has 42 heavy (non-hydrogen) atoms. The van der Waals surface area contributed by atoms with E-state index in [-0.39, 0.29) is 59.5 Å². The Balaban J connectivity index is 1.38. The number of nitrogens with one attached hydrogen (secondary N) is 1. The van der Waals surface area contributed by atoms with Gasteiger partial charge in [-0.15, -0.1) is 0 Å². The predicted octanol–water partition coefficient (Wildman–Crippen LogP) is 6.26. The number of likely N-dealkylation sites (tertiary alicyclic amines) is 1. The Morgan fingerprint density at radius 3 is 2.57 bits per heavy atom. The number of phenols is 1. The highest BCUT2D eigenvalue weighted by atomic mass is 35.5. The van der Waals surface area contributed by atoms with Crippen molar-refractivity contribution >= 4 is 50.7 Å². The number of aromatic hydroxyl groups is 1. The Morgan fingerprint density at radius 1 is 1.10 bits per heavy atom. The van der Waals surface area contributed by atoms with Crippen LogP contribution < -0.4 is 15.0 Å². The average molecular weight is 618 g/mol. The molecule has 4 heterocycles. The number of halogens is 5. The highest BCUT2D eigenvalue weighted by Crippen LogP contribution is 2.44. The van der Waals surface area contributed by atoms with E-state index in [1.807, 2.05) is 0 Å². The van der Waals surface area contributed by atoms with E-state index in [0.29, 0.717) is 45.7 Å². The highest BCUT2D eigenvalue weighted by Gasteiger charge is 2.43. The van der Waals surface area contributed by atoms with Crippen molar-refractivity contribution in [1.29, 1.82) is 0 Å². The molecule has 7 nitrogen and oxygen atoms in total. The molecule has 1 aromatic heterocycles. The van der Waals surface area contributed by atoms with Gasteiger partial charge >= 0.3 is 6.01 Å². The van der Waals surface area contributed by atoms with Gasteiger partial charge in [0.2, 0.25) is 0 Å². The Hall–Kier alpha value is -3.05. The summed E-state index contributed by atoms with van der Waals surface area (Å²) in [6.07, 6.45) is 1.71. The lowest BCUT2D eigenvalue weighted by Gasteiger charge is -2.34. The minimum Gasteiger partial charge on any atom is -0.508 e. The van der Waals surface area contributed by atoms with Crippen LogP contribution in [0, 0.1) is 5.82 Å². The smallest absolute Gasteiger partial charge is 0.319 e. The molecule has 4 aromatic rings. The number of rotatable bonds is 5. The van der Waals surface area contributed by atoms with Crippen molar-refractivity contribution in [3.05, 3.63) is 52.3 Å². The van der Waals surface area contributed by atoms with Gasteiger partial charge in [-0.3, -0.25) is 4.90 Å². The van der Waals surface area contributed by atoms with Gasteiger partial charge in [0, 0.05) is 59.0 Å². The van der Waals surface area contributed by atoms with Crippen LogP contribution in [0.3, 0.4) is 0 Å². The van der Waals surface area contributed by atoms with Gasteiger partial charge in [-0.25, -0.2) is 13.2 Å². The Morgan fingerprint density at radius 2 is 1.86 bits per heavy atom. The maximum absolute atomic E-state index is 16.7. The standard InChI is InChI=1S/C30H28Cl2F3N5O2/c1-39-14-30(34,35)10-18(39)13-42-29-37-27-21(28(38-29)40-11-16-5-6-17(12-40)36-16)9-23(32)25(26(27)33)20-8-19(41)7-15-3-2-4-22(31)24(15)20/h2-4,7-9,16-18,36,41H,5-6,10-14H2,1H3. The summed E-state index contributed by atoms with van der Waals surface area (Å²) in [5.41, 5.74) is 0.330. The lowest BCUT2D eigenvalue weighted by molar-refractivity contribution is 0.0136. The first kappa shape index (κ1) is 27.8. The number of hydrogen-bond donors (Lipinski definition) is 2. The van der Waals surface area contributed by atoms with Gasteiger partial charge in [0.25, 0.3) is 5.92 Å². The number of fused-ring (bicyclic) bond motifs is 4. The van der Waals surface area contributed by atoms with Crippen molar-refractivity contribution < 1.29 is 23.0 Å². The largest absolute Gasteiger partial charge is 0.508 e. The lowest BCUT2D eigenvalue weighted by atomic mass is 9.96. The summed E-state index contributed by atoms with van der Waals surface area (Å²) in [5.74, 6) is -3.12. The van der Waals surface area contributed by atoms with Crippen molar-refractivity contribution in [1.82, 2.24) is 20.2 Å². The molecule has 12 heteroatoms. The van der Waals surface area contributed by atoms with E-state index in [4.69, 9.17) is 27.9 Å². The third-order valence-electron chi connectivity index (χ3n) is 8.58. The predicted molar refractivity (Wildman–Crippen MR) is 158 cm³/mol. The minimum absolute atomic E-state index is 0.0195. The fraction of sp³-hybridized carbons (Fsp3) is 0.400. The molecule has 0 radical (unpaired) electrons. The van der Waals surface area contributed by atoms with Crippen LogP contribution in [0.2, 0.25) is 10.0 Å². The molecular weight excluding hydrogens is 590 g/mol. The SMILES string of the molecule is CN1CC(F)(F)CC1COc1nc(N2CC3CCC(C2)N3)c2cc(Cl)c(-c3cc(O)cc4cccc(Cl)c34)c(F)c2n1. The summed E-state index contributed by atoms with van der Waals surface area (Å²) in [7, 11) is 1.62. The Labute approximate surface area is 250 Å². The molecular formula is C30H28Cl2F3N5O2. The first-order valence-corrected chi connectivity index (χ1v) is 14.6. The summed E-state index contributed by atoms with van der Waals surface area (Å²) >= 11 is 13.3. The van der Waals surface area contributed by atoms with E-state index in [2.05, 4.69) is 20.2 Å². The molecule has 2 N–H and O–H groups in total. The first-order chi connectivity index (χ1) is 20.1. The molecule has 3 aromatic carbocycles. The van der Waals surface area contributed by atoms with E-state index in [1.54, 1.807) is 42.3 Å². The van der Waals surface area contributed by atoms with E-state index in [9.17, 15) is 13.9 Å². The van der Waals surface area contributed by atoms with E-state index >= 15 is 4.39 Å². The summed E-state index contributed by atoms with van der Waals surface area (Å²) in [5, 5.41) is 16.1. The van der Waals surface area contributed by atoms with Crippen LogP contribution in [0.1, 0.15) is 19.3 Å². The van der Waals surface area contributed by atoms with Crippen LogP contribution in [0.25, 0.3) is 32.8 Å². The third-order valence-corrected chi connectivity index (χ3v) is 9.19. The maximum atomic E-state index is 16.7. The van der Waals surface area contributed by atoms with Crippen molar-refractivity contribution in [2.45, 2.75) is 43.3 Å². The molecule has 3 aliphatic heterocycles. The lowest BCUT2D eigenvalue weighted by Crippen LogP contribution is -2.51. The quantitative estimate of drug-likeness (QED) is 0.274. The topological polar surface area (TPSA) is 73.8 Å². The van der Waals surface area contributed by atoms with Gasteiger partial charge in [-0.1, -0.05) is 35.3 Å². The number of benzene rings is 3. The van der Waals surface area contributed by atoms with Crippen LogP contribution >= 0.6 is 23.2 Å². The van der Waals surface area contributed by atoms with Gasteiger partial charge < -0.3 is 20.1 Å². The molecule has 0 aliphatic carbocycles. The molecule has 3 aliphatic rings. The van der Waals surface area contributed by atoms with Crippen molar-refractivity contribution in [3.63, 3.8) is 0 Å². The van der Waals surface area contributed by atoms with E-state index in [0.717, 1.165) is 12.8 Å². The second kappa shape index (κ2) is 10.3. The zero-order valence-electron chi connectivity index (χ0n) is 22.7. The third kappa shape index (κ3) is 4.88. The van der Waals surface area contributed by atoms with Crippen LogP contribution in [0.5, 0.6) is 11.8 Å². The first-order valence-electron chi connectivity index (χ1n) is 13.9. The van der Waals surface area contributed by atoms with Crippen molar-refractivity contribution in [3.8, 4) is 22.9 Å². The molecule has 0 spiro atoms. The summed E-state index contributed by atoms with van der Waals surface area (Å²) < 4.78 is 50.6. The molecule has 220 valence electrons. The average Bonchev–Trinajstić information content (AvgIpc) is 3.41. The molecule has 7 rings (SSSR count). The van der Waals surface area contributed by atoms with E-state index < -0.39 is 17.8 Å². The second-order valence-corrected chi connectivity index (χ2v) is 12.4. The van der Waals surface area contributed by atoms with Crippen molar-refractivity contribution in [2.75, 3.05) is 38.2 Å². The van der Waals surface area contributed by atoms with Gasteiger partial charge in [0.05, 0.1) is 11.6 Å². The molecule has 3 unspecified atom stereocenters. The van der Waals surface area contributed by atoms with Crippen LogP contribution in [-0.4, -0.2) is 77.3 Å².